The number of methoxy groups -OCH3 is 2. The molecule has 2 aliphatic heterocycles. The molecule has 0 aliphatic carbocycles. The van der Waals surface area contributed by atoms with E-state index in [-0.39, 0.29) is 22.8 Å². The highest BCUT2D eigenvalue weighted by Gasteiger charge is 2.46. The number of benzene rings is 2. The molecule has 1 unspecified atom stereocenters. The number of ether oxygens (including phenoxy) is 3. The Kier molecular flexibility index (Phi) is 7.04. The summed E-state index contributed by atoms with van der Waals surface area (Å²) in [4.78, 5) is 29.0. The Morgan fingerprint density at radius 1 is 1.12 bits per heavy atom. The van der Waals surface area contributed by atoms with Crippen LogP contribution in [0.2, 0.25) is 0 Å². The van der Waals surface area contributed by atoms with E-state index in [2.05, 4.69) is 0 Å². The number of Topliss-reactive ketones (excluding diaryl/α,β-unsaturated/α-hetero) is 1. The first-order chi connectivity index (χ1) is 16.4. The normalized spacial score (nSPS) is 20.5. The molecule has 2 saturated heterocycles. The van der Waals surface area contributed by atoms with Crippen molar-refractivity contribution in [2.24, 2.45) is 0 Å². The summed E-state index contributed by atoms with van der Waals surface area (Å²) in [5.74, 6) is -1.34. The lowest BCUT2D eigenvalue weighted by molar-refractivity contribution is -0.907. The highest BCUT2D eigenvalue weighted by molar-refractivity contribution is 6.46. The van der Waals surface area contributed by atoms with Gasteiger partial charge >= 0.3 is 0 Å². The molecule has 180 valence electrons. The van der Waals surface area contributed by atoms with Crippen molar-refractivity contribution in [3.8, 4) is 17.2 Å². The minimum absolute atomic E-state index is 0.0205. The molecule has 9 heteroatoms. The Hall–Kier alpha value is -3.56. The van der Waals surface area contributed by atoms with Gasteiger partial charge in [-0.15, -0.1) is 0 Å². The maximum absolute atomic E-state index is 13.2. The second-order valence-electron chi connectivity index (χ2n) is 8.24. The Morgan fingerprint density at radius 3 is 2.47 bits per heavy atom. The fraction of sp³-hybridized carbons (Fsp3) is 0.360. The van der Waals surface area contributed by atoms with E-state index in [1.165, 1.54) is 36.2 Å². The van der Waals surface area contributed by atoms with E-state index < -0.39 is 17.7 Å². The van der Waals surface area contributed by atoms with Crippen molar-refractivity contribution >= 4 is 17.4 Å². The van der Waals surface area contributed by atoms with Crippen LogP contribution in [0.25, 0.3) is 5.76 Å². The van der Waals surface area contributed by atoms with Crippen LogP contribution < -0.4 is 19.5 Å². The number of hydrogen-bond donors (Lipinski definition) is 2. The topological polar surface area (TPSA) is 113 Å². The third-order valence-corrected chi connectivity index (χ3v) is 6.31. The maximum atomic E-state index is 13.2. The number of amides is 1. The lowest BCUT2D eigenvalue weighted by Crippen LogP contribution is -3.14. The monoisotopic (exact) mass is 468 g/mol. The number of quaternary nitrogens is 1. The summed E-state index contributed by atoms with van der Waals surface area (Å²) >= 11 is 0. The van der Waals surface area contributed by atoms with Gasteiger partial charge in [-0.05, 0) is 35.9 Å². The number of nitrogens with zero attached hydrogens (tertiary/aromatic N) is 1. The number of aliphatic hydroxyl groups is 1. The van der Waals surface area contributed by atoms with Gasteiger partial charge in [0.25, 0.3) is 11.7 Å². The molecule has 1 amide bonds. The fourth-order valence-corrected chi connectivity index (χ4v) is 4.40. The molecule has 2 N–H and O–H groups in total. The zero-order valence-electron chi connectivity index (χ0n) is 19.2. The van der Waals surface area contributed by atoms with Crippen LogP contribution in [0.5, 0.6) is 17.2 Å². The van der Waals surface area contributed by atoms with Crippen molar-refractivity contribution in [3.63, 3.8) is 0 Å². The van der Waals surface area contributed by atoms with Crippen molar-refractivity contribution in [2.45, 2.75) is 6.04 Å². The number of rotatable bonds is 7. The van der Waals surface area contributed by atoms with Gasteiger partial charge in [0.2, 0.25) is 0 Å². The van der Waals surface area contributed by atoms with E-state index in [4.69, 9.17) is 14.2 Å². The van der Waals surface area contributed by atoms with Crippen LogP contribution in [0.15, 0.2) is 48.0 Å². The van der Waals surface area contributed by atoms with Crippen LogP contribution in [-0.4, -0.2) is 75.3 Å². The summed E-state index contributed by atoms with van der Waals surface area (Å²) in [6, 6.07) is 10.2. The van der Waals surface area contributed by atoms with Gasteiger partial charge in [0.1, 0.15) is 30.3 Å². The molecule has 0 spiro atoms. The molecule has 2 aliphatic rings. The van der Waals surface area contributed by atoms with E-state index in [0.717, 1.165) is 13.1 Å². The number of nitrogens with one attached hydrogen (secondary N) is 1. The Balaban J connectivity index is 1.76. The van der Waals surface area contributed by atoms with Crippen LogP contribution in [0.4, 0.5) is 0 Å². The number of hydrogen-bond acceptors (Lipinski definition) is 7. The molecule has 2 fully saturated rings. The smallest absolute Gasteiger partial charge is 0.295 e. The lowest BCUT2D eigenvalue weighted by atomic mass is 9.95. The quantitative estimate of drug-likeness (QED) is 0.337. The summed E-state index contributed by atoms with van der Waals surface area (Å²) < 4.78 is 15.8. The van der Waals surface area contributed by atoms with Crippen molar-refractivity contribution in [1.29, 1.82) is 0 Å². The lowest BCUT2D eigenvalue weighted by Gasteiger charge is -2.29. The van der Waals surface area contributed by atoms with Gasteiger partial charge in [-0.1, -0.05) is 17.9 Å². The van der Waals surface area contributed by atoms with Gasteiger partial charge in [-0.2, -0.15) is 0 Å². The van der Waals surface area contributed by atoms with Crippen LogP contribution in [0.1, 0.15) is 17.2 Å². The van der Waals surface area contributed by atoms with Gasteiger partial charge in [-0.25, -0.2) is 0 Å². The van der Waals surface area contributed by atoms with Gasteiger partial charge in [0.15, 0.2) is 0 Å². The minimum atomic E-state index is -0.850. The molecule has 2 aromatic rings. The number of morpholine rings is 1. The predicted octanol–water partition coefficient (Wildman–Crippen LogP) is 0.114. The van der Waals surface area contributed by atoms with E-state index in [0.29, 0.717) is 43.2 Å². The van der Waals surface area contributed by atoms with Gasteiger partial charge < -0.3 is 34.2 Å². The van der Waals surface area contributed by atoms with Crippen molar-refractivity contribution < 1.29 is 38.9 Å². The Bertz CT molecular complexity index is 1090. The number of ketones is 1. The van der Waals surface area contributed by atoms with E-state index in [1.807, 2.05) is 0 Å². The van der Waals surface area contributed by atoms with E-state index >= 15 is 0 Å². The maximum Gasteiger partial charge on any atom is 0.295 e. The molecular weight excluding hydrogens is 440 g/mol. The molecule has 0 bridgehead atoms. The van der Waals surface area contributed by atoms with Crippen molar-refractivity contribution in [1.82, 2.24) is 4.90 Å². The van der Waals surface area contributed by atoms with Crippen LogP contribution >= 0.6 is 0 Å². The van der Waals surface area contributed by atoms with Crippen molar-refractivity contribution in [3.05, 3.63) is 59.2 Å². The zero-order chi connectivity index (χ0) is 24.2. The average Bonchev–Trinajstić information content (AvgIpc) is 3.13. The number of likely N-dealkylation sites (tertiary alicyclic amines) is 1. The van der Waals surface area contributed by atoms with Gasteiger partial charge in [0, 0.05) is 5.56 Å². The molecule has 9 nitrogen and oxygen atoms in total. The summed E-state index contributed by atoms with van der Waals surface area (Å²) in [6.45, 7) is 3.88. The largest absolute Gasteiger partial charge is 0.870 e. The molecule has 0 radical (unpaired) electrons. The van der Waals surface area contributed by atoms with E-state index in [9.17, 15) is 19.8 Å². The first-order valence-electron chi connectivity index (χ1n) is 11.1. The van der Waals surface area contributed by atoms with Gasteiger partial charge in [-0.3, -0.25) is 9.59 Å². The minimum Gasteiger partial charge on any atom is -0.870 e. The van der Waals surface area contributed by atoms with Crippen LogP contribution in [0.3, 0.4) is 0 Å². The molecule has 34 heavy (non-hydrogen) atoms. The first-order valence-corrected chi connectivity index (χ1v) is 11.1. The molecule has 0 saturated carbocycles. The van der Waals surface area contributed by atoms with Crippen LogP contribution in [0, 0.1) is 0 Å². The summed E-state index contributed by atoms with van der Waals surface area (Å²) in [5.41, 5.74) is 0.880. The fourth-order valence-electron chi connectivity index (χ4n) is 4.40. The summed E-state index contributed by atoms with van der Waals surface area (Å²) in [7, 11) is 2.92. The molecule has 4 rings (SSSR count). The highest BCUT2D eigenvalue weighted by Crippen LogP contribution is 2.41. The predicted molar refractivity (Wildman–Crippen MR) is 121 cm³/mol. The standard InChI is InChI=1S/C25H28N2O7/c1-32-18-6-3-16(4-7-18)23(29)21-22(17-5-8-19(28)20(15-17)33-2)27(25(31)24(21)30)10-9-26-11-13-34-14-12-26/h3-8,15,22,28-29H,9-14H2,1-2H3. The second kappa shape index (κ2) is 10.1. The molecule has 0 aromatic heterocycles. The van der Waals surface area contributed by atoms with E-state index in [1.54, 1.807) is 30.3 Å². The molecule has 2 heterocycles. The van der Waals surface area contributed by atoms with Gasteiger partial charge in [0.05, 0.1) is 52.1 Å². The molecular formula is C25H28N2O7. The van der Waals surface area contributed by atoms with Crippen LogP contribution in [-0.2, 0) is 14.3 Å². The number of carbonyl (C=O) groups is 2. The zero-order valence-corrected chi connectivity index (χ0v) is 19.2. The number of aliphatic hydroxyl groups excluding tert-OH is 1. The number of carbonyl (C=O) groups excluding carboxylic acids is 2. The summed E-state index contributed by atoms with van der Waals surface area (Å²) in [6.07, 6.45) is 0. The highest BCUT2D eigenvalue weighted by atomic mass is 16.5. The second-order valence-corrected chi connectivity index (χ2v) is 8.24. The first kappa shape index (κ1) is 23.6. The molecule has 1 atom stereocenters. The average molecular weight is 469 g/mol. The SMILES string of the molecule is COc1ccc(C(O)=C2C(=O)C(=O)N(CC[NH+]3CCOCC3)C2c2ccc([O-])c(OC)c2)cc1. The summed E-state index contributed by atoms with van der Waals surface area (Å²) in [5, 5.41) is 23.2. The Labute approximate surface area is 197 Å². The molecule has 2 aromatic carbocycles. The third-order valence-electron chi connectivity index (χ3n) is 6.31. The van der Waals surface area contributed by atoms with Crippen molar-refractivity contribution in [2.75, 3.05) is 53.6 Å². The third kappa shape index (κ3) is 4.57. The Morgan fingerprint density at radius 2 is 1.82 bits per heavy atom.